The van der Waals surface area contributed by atoms with Crippen LogP contribution in [0.3, 0.4) is 0 Å². The van der Waals surface area contributed by atoms with Crippen molar-refractivity contribution in [1.29, 1.82) is 0 Å². The van der Waals surface area contributed by atoms with Crippen LogP contribution < -0.4 is 5.43 Å². The molecule has 0 amide bonds. The lowest BCUT2D eigenvalue weighted by atomic mass is 10.1. The van der Waals surface area contributed by atoms with Gasteiger partial charge in [0.1, 0.15) is 9.20 Å². The van der Waals surface area contributed by atoms with Crippen LogP contribution in [-0.4, -0.2) is 26.8 Å². The van der Waals surface area contributed by atoms with Gasteiger partial charge in [-0.3, -0.25) is 4.68 Å². The maximum absolute atomic E-state index is 6.21. The second kappa shape index (κ2) is 4.93. The number of aromatic nitrogens is 2. The summed E-state index contributed by atoms with van der Waals surface area (Å²) in [5.41, 5.74) is 5.49. The van der Waals surface area contributed by atoms with Gasteiger partial charge in [0.25, 0.3) is 0 Å². The molecule has 1 aromatic heterocycles. The standard InChI is InChI=1S/C10H14ClIN4/c1-3-16-6-7(9(11)13-16)4-8-5-15(2)14-10(8)12/h5-6,9,13H,3-4H2,1-2H3. The molecular formula is C10H14ClIN4. The number of alkyl halides is 1. The number of aryl methyl sites for hydroxylation is 1. The van der Waals surface area contributed by atoms with Gasteiger partial charge in [0.15, 0.2) is 0 Å². The van der Waals surface area contributed by atoms with Gasteiger partial charge < -0.3 is 5.01 Å². The van der Waals surface area contributed by atoms with Crippen molar-refractivity contribution in [2.75, 3.05) is 6.54 Å². The monoisotopic (exact) mass is 352 g/mol. The fourth-order valence-electron chi connectivity index (χ4n) is 1.70. The van der Waals surface area contributed by atoms with E-state index in [1.54, 1.807) is 0 Å². The summed E-state index contributed by atoms with van der Waals surface area (Å²) in [6.07, 6.45) is 4.98. The van der Waals surface area contributed by atoms with E-state index in [-0.39, 0.29) is 5.50 Å². The van der Waals surface area contributed by atoms with Crippen molar-refractivity contribution in [3.8, 4) is 0 Å². The topological polar surface area (TPSA) is 33.1 Å². The highest BCUT2D eigenvalue weighted by molar-refractivity contribution is 14.1. The Bertz CT molecular complexity index is 415. The SMILES string of the molecule is CCN1C=C(Cc2cn(C)nc2I)C(Cl)N1. The third-order valence-electron chi connectivity index (χ3n) is 2.51. The van der Waals surface area contributed by atoms with Crippen LogP contribution in [-0.2, 0) is 13.5 Å². The molecule has 0 saturated heterocycles. The Kier molecular flexibility index (Phi) is 3.76. The van der Waals surface area contributed by atoms with Gasteiger partial charge >= 0.3 is 0 Å². The quantitative estimate of drug-likeness (QED) is 0.512. The fourth-order valence-corrected chi connectivity index (χ4v) is 2.63. The zero-order chi connectivity index (χ0) is 11.7. The molecule has 1 aromatic rings. The van der Waals surface area contributed by atoms with Crippen molar-refractivity contribution in [2.24, 2.45) is 7.05 Å². The van der Waals surface area contributed by atoms with Crippen molar-refractivity contribution >= 4 is 34.2 Å². The molecule has 88 valence electrons. The lowest BCUT2D eigenvalue weighted by molar-refractivity contribution is 0.312. The number of nitrogens with one attached hydrogen (secondary N) is 1. The highest BCUT2D eigenvalue weighted by atomic mass is 127. The first-order chi connectivity index (χ1) is 7.60. The molecule has 0 aliphatic carbocycles. The summed E-state index contributed by atoms with van der Waals surface area (Å²) in [6.45, 7) is 3.00. The zero-order valence-corrected chi connectivity index (χ0v) is 12.2. The number of hydrazine groups is 1. The molecule has 4 nitrogen and oxygen atoms in total. The highest BCUT2D eigenvalue weighted by Crippen LogP contribution is 2.22. The molecule has 1 aliphatic heterocycles. The van der Waals surface area contributed by atoms with E-state index in [0.717, 1.165) is 16.7 Å². The molecule has 1 aliphatic rings. The smallest absolute Gasteiger partial charge is 0.126 e. The van der Waals surface area contributed by atoms with Gasteiger partial charge in [0, 0.05) is 38.0 Å². The molecule has 2 rings (SSSR count). The van der Waals surface area contributed by atoms with Gasteiger partial charge in [-0.15, -0.1) is 0 Å². The minimum atomic E-state index is -0.101. The highest BCUT2D eigenvalue weighted by Gasteiger charge is 2.21. The summed E-state index contributed by atoms with van der Waals surface area (Å²) in [5.74, 6) is 0. The summed E-state index contributed by atoms with van der Waals surface area (Å²) in [4.78, 5) is 0. The summed E-state index contributed by atoms with van der Waals surface area (Å²) in [6, 6.07) is 0. The Balaban J connectivity index is 2.13. The molecule has 2 heterocycles. The van der Waals surface area contributed by atoms with Crippen LogP contribution in [0.5, 0.6) is 0 Å². The van der Waals surface area contributed by atoms with Gasteiger partial charge in [-0.1, -0.05) is 11.6 Å². The van der Waals surface area contributed by atoms with Crippen molar-refractivity contribution < 1.29 is 0 Å². The van der Waals surface area contributed by atoms with Crippen LogP contribution in [0.1, 0.15) is 12.5 Å². The normalized spacial score (nSPS) is 20.4. The maximum atomic E-state index is 6.21. The number of nitrogens with zero attached hydrogens (tertiary/aromatic N) is 3. The van der Waals surface area contributed by atoms with E-state index in [1.807, 2.05) is 22.9 Å². The average molecular weight is 353 g/mol. The summed E-state index contributed by atoms with van der Waals surface area (Å²) < 4.78 is 2.88. The van der Waals surface area contributed by atoms with Crippen molar-refractivity contribution in [3.05, 3.63) is 27.2 Å². The molecule has 16 heavy (non-hydrogen) atoms. The van der Waals surface area contributed by atoms with Crippen LogP contribution in [0, 0.1) is 3.70 Å². The van der Waals surface area contributed by atoms with E-state index in [4.69, 9.17) is 11.6 Å². The minimum absolute atomic E-state index is 0.101. The summed E-state index contributed by atoms with van der Waals surface area (Å²) >= 11 is 8.46. The fraction of sp³-hybridized carbons (Fsp3) is 0.500. The number of halogens is 2. The van der Waals surface area contributed by atoms with E-state index >= 15 is 0 Å². The van der Waals surface area contributed by atoms with Crippen LogP contribution >= 0.6 is 34.2 Å². The molecule has 0 fully saturated rings. The van der Waals surface area contributed by atoms with E-state index < -0.39 is 0 Å². The summed E-state index contributed by atoms with van der Waals surface area (Å²) in [7, 11) is 1.93. The molecule has 1 atom stereocenters. The zero-order valence-electron chi connectivity index (χ0n) is 9.24. The average Bonchev–Trinajstić information content (AvgIpc) is 2.72. The molecule has 1 unspecified atom stereocenters. The minimum Gasteiger partial charge on any atom is -0.314 e. The molecule has 6 heteroatoms. The third kappa shape index (κ3) is 2.52. The lowest BCUT2D eigenvalue weighted by Crippen LogP contribution is -2.32. The van der Waals surface area contributed by atoms with Gasteiger partial charge in [-0.25, -0.2) is 5.43 Å². The van der Waals surface area contributed by atoms with Gasteiger partial charge in [0.2, 0.25) is 0 Å². The molecule has 0 radical (unpaired) electrons. The molecule has 0 spiro atoms. The van der Waals surface area contributed by atoms with Crippen molar-refractivity contribution in [1.82, 2.24) is 20.2 Å². The van der Waals surface area contributed by atoms with Crippen LogP contribution in [0.4, 0.5) is 0 Å². The number of rotatable bonds is 3. The van der Waals surface area contributed by atoms with E-state index in [2.05, 4.69) is 46.2 Å². The Morgan fingerprint density at radius 1 is 1.62 bits per heavy atom. The number of hydrogen-bond donors (Lipinski definition) is 1. The van der Waals surface area contributed by atoms with Crippen LogP contribution in [0.2, 0.25) is 0 Å². The lowest BCUT2D eigenvalue weighted by Gasteiger charge is -2.13. The van der Waals surface area contributed by atoms with E-state index in [0.29, 0.717) is 0 Å². The predicted octanol–water partition coefficient (Wildman–Crippen LogP) is 1.86. The van der Waals surface area contributed by atoms with Gasteiger partial charge in [-0.2, -0.15) is 5.10 Å². The van der Waals surface area contributed by atoms with Crippen LogP contribution in [0.15, 0.2) is 18.0 Å². The van der Waals surface area contributed by atoms with Crippen molar-refractivity contribution in [3.63, 3.8) is 0 Å². The first-order valence-corrected chi connectivity index (χ1v) is 6.67. The van der Waals surface area contributed by atoms with Gasteiger partial charge in [0.05, 0.1) is 0 Å². The molecule has 0 bridgehead atoms. The van der Waals surface area contributed by atoms with Gasteiger partial charge in [-0.05, 0) is 35.1 Å². The van der Waals surface area contributed by atoms with E-state index in [9.17, 15) is 0 Å². The number of hydrogen-bond acceptors (Lipinski definition) is 3. The molecule has 0 aromatic carbocycles. The molecular weight excluding hydrogens is 338 g/mol. The van der Waals surface area contributed by atoms with Crippen molar-refractivity contribution in [2.45, 2.75) is 18.8 Å². The Morgan fingerprint density at radius 2 is 2.38 bits per heavy atom. The summed E-state index contributed by atoms with van der Waals surface area (Å²) in [5, 5.41) is 6.33. The Morgan fingerprint density at radius 3 is 2.88 bits per heavy atom. The maximum Gasteiger partial charge on any atom is 0.126 e. The Hall–Kier alpha value is -0.270. The first kappa shape index (κ1) is 12.2. The predicted molar refractivity (Wildman–Crippen MR) is 72.9 cm³/mol. The second-order valence-electron chi connectivity index (χ2n) is 3.78. The second-order valence-corrected chi connectivity index (χ2v) is 5.24. The molecule has 0 saturated carbocycles. The first-order valence-electron chi connectivity index (χ1n) is 5.15. The Labute approximate surface area is 114 Å². The van der Waals surface area contributed by atoms with Crippen LogP contribution in [0.25, 0.3) is 0 Å². The molecule has 1 N–H and O–H groups in total. The largest absolute Gasteiger partial charge is 0.314 e. The third-order valence-corrected chi connectivity index (χ3v) is 3.80. The van der Waals surface area contributed by atoms with E-state index in [1.165, 1.54) is 11.1 Å².